The monoisotopic (exact) mass is 776 g/mol. The van der Waals surface area contributed by atoms with Crippen molar-refractivity contribution in [2.45, 2.75) is 50.1 Å². The lowest BCUT2D eigenvalue weighted by Gasteiger charge is -2.27. The third-order valence-electron chi connectivity index (χ3n) is 7.75. The van der Waals surface area contributed by atoms with E-state index in [1.807, 2.05) is 53.4 Å². The van der Waals surface area contributed by atoms with E-state index in [4.69, 9.17) is 43.6 Å². The number of carboxylic acid groups (broad SMARTS) is 2. The average molecular weight is 778 g/mol. The first-order valence-electron chi connectivity index (χ1n) is 16.0. The van der Waals surface area contributed by atoms with Gasteiger partial charge in [-0.25, -0.2) is 14.0 Å². The number of hydrogen-bond donors (Lipinski definition) is 4. The highest BCUT2D eigenvalue weighted by Crippen LogP contribution is 2.24. The highest BCUT2D eigenvalue weighted by atomic mass is 35.5. The highest BCUT2D eigenvalue weighted by molar-refractivity contribution is 7.98. The molecule has 0 spiro atoms. The maximum absolute atomic E-state index is 13.8. The van der Waals surface area contributed by atoms with Gasteiger partial charge in [0.05, 0.1) is 0 Å². The molecule has 2 atom stereocenters. The number of amides is 1. The first kappa shape index (κ1) is 42.1. The van der Waals surface area contributed by atoms with Crippen LogP contribution in [0.3, 0.4) is 0 Å². The van der Waals surface area contributed by atoms with Crippen LogP contribution in [0.5, 0.6) is 0 Å². The molecule has 16 heteroatoms. The van der Waals surface area contributed by atoms with E-state index in [2.05, 4.69) is 23.7 Å². The van der Waals surface area contributed by atoms with Crippen LogP contribution in [-0.4, -0.2) is 96.0 Å². The Bertz CT molecular complexity index is 1830. The molecule has 3 aromatic carbocycles. The Hall–Kier alpha value is -4.31. The summed E-state index contributed by atoms with van der Waals surface area (Å²) in [6.45, 7) is 7.65. The molecule has 4 N–H and O–H groups in total. The Morgan fingerprint density at radius 3 is 1.87 bits per heavy atom. The van der Waals surface area contributed by atoms with Crippen molar-refractivity contribution in [1.82, 2.24) is 19.4 Å². The molecule has 0 aliphatic carbocycles. The maximum atomic E-state index is 13.8. The second-order valence-corrected chi connectivity index (χ2v) is 13.1. The maximum Gasteiger partial charge on any atom is 0.335 e. The molecule has 0 saturated heterocycles. The summed E-state index contributed by atoms with van der Waals surface area (Å²) in [6, 6.07) is 22.0. The van der Waals surface area contributed by atoms with Gasteiger partial charge in [-0.1, -0.05) is 97.3 Å². The molecule has 278 valence electrons. The summed E-state index contributed by atoms with van der Waals surface area (Å²) in [5.41, 5.74) is 3.44. The number of aliphatic hydroxyl groups is 2. The lowest BCUT2D eigenvalue weighted by atomic mass is 10.0. The number of nitrogens with zero attached hydrogens (tertiary/aromatic N) is 4. The third kappa shape index (κ3) is 13.0. The molecule has 1 aromatic heterocycles. The van der Waals surface area contributed by atoms with E-state index in [1.54, 1.807) is 16.7 Å². The Kier molecular flexibility index (Phi) is 16.7. The first-order valence-corrected chi connectivity index (χ1v) is 17.8. The zero-order valence-electron chi connectivity index (χ0n) is 28.4. The highest BCUT2D eigenvalue weighted by Gasteiger charge is 2.29. The second-order valence-electron chi connectivity index (χ2n) is 11.3. The first-order chi connectivity index (χ1) is 24.7. The molecule has 4 aromatic rings. The Balaban J connectivity index is 0.000000636. The summed E-state index contributed by atoms with van der Waals surface area (Å²) in [7, 11) is 0. The normalized spacial score (nSPS) is 12.1. The lowest BCUT2D eigenvalue weighted by molar-refractivity contribution is -0.165. The number of aliphatic hydroxyl groups excluding tert-OH is 2. The topological polar surface area (TPSA) is 173 Å². The van der Waals surface area contributed by atoms with Crippen molar-refractivity contribution in [3.63, 3.8) is 0 Å². The molecule has 1 heterocycles. The van der Waals surface area contributed by atoms with Crippen LogP contribution in [0.4, 0.5) is 4.39 Å². The van der Waals surface area contributed by atoms with Gasteiger partial charge in [-0.2, -0.15) is 4.98 Å². The van der Waals surface area contributed by atoms with Crippen LogP contribution in [0, 0.1) is 5.82 Å². The Morgan fingerprint density at radius 2 is 1.35 bits per heavy atom. The molecule has 12 nitrogen and oxygen atoms in total. The van der Waals surface area contributed by atoms with Crippen LogP contribution < -0.4 is 5.56 Å². The average Bonchev–Trinajstić information content (AvgIpc) is 3.13. The van der Waals surface area contributed by atoms with E-state index >= 15 is 0 Å². The molecule has 1 amide bonds. The molecule has 2 unspecified atom stereocenters. The molecular weight excluding hydrogens is 738 g/mol. The van der Waals surface area contributed by atoms with Crippen LogP contribution in [0.2, 0.25) is 10.0 Å². The molecule has 0 radical (unpaired) electrons. The van der Waals surface area contributed by atoms with Gasteiger partial charge in [0.2, 0.25) is 5.91 Å². The number of benzene rings is 3. The van der Waals surface area contributed by atoms with Crippen molar-refractivity contribution in [2.24, 2.45) is 0 Å². The van der Waals surface area contributed by atoms with Gasteiger partial charge >= 0.3 is 11.9 Å². The van der Waals surface area contributed by atoms with Crippen LogP contribution in [0.15, 0.2) is 88.9 Å². The summed E-state index contributed by atoms with van der Waals surface area (Å²) in [6.07, 6.45) is -3.07. The fourth-order valence-corrected chi connectivity index (χ4v) is 5.89. The zero-order valence-corrected chi connectivity index (χ0v) is 30.7. The zero-order chi connectivity index (χ0) is 38.4. The largest absolute Gasteiger partial charge is 0.479 e. The van der Waals surface area contributed by atoms with Crippen molar-refractivity contribution in [2.75, 3.05) is 26.2 Å². The van der Waals surface area contributed by atoms with Gasteiger partial charge in [0.1, 0.15) is 17.4 Å². The molecule has 0 saturated carbocycles. The van der Waals surface area contributed by atoms with Crippen molar-refractivity contribution in [3.8, 4) is 11.1 Å². The Morgan fingerprint density at radius 1 is 0.827 bits per heavy atom. The number of carboxylic acids is 2. The summed E-state index contributed by atoms with van der Waals surface area (Å²) >= 11 is 13.5. The van der Waals surface area contributed by atoms with Gasteiger partial charge in [-0.3, -0.25) is 9.59 Å². The van der Waals surface area contributed by atoms with E-state index in [1.165, 1.54) is 30.1 Å². The number of aromatic nitrogens is 2. The van der Waals surface area contributed by atoms with E-state index in [0.717, 1.165) is 41.9 Å². The minimum Gasteiger partial charge on any atom is -0.479 e. The third-order valence-corrected chi connectivity index (χ3v) is 9.32. The van der Waals surface area contributed by atoms with Crippen LogP contribution >= 0.6 is 35.0 Å². The van der Waals surface area contributed by atoms with Gasteiger partial charge < -0.3 is 34.8 Å². The lowest BCUT2D eigenvalue weighted by Crippen LogP contribution is -2.40. The van der Waals surface area contributed by atoms with Gasteiger partial charge in [-0.15, -0.1) is 0 Å². The standard InChI is InChI=1S/C32H33Cl2FN4O2S.C4H6O6/c1-3-37(4-2)17-18-38(19-23-5-9-25(10-6-23)26-11-13-27(33)14-12-26)30(40)21-39-20-29(34)31(41)36-32(39)42-22-24-7-15-28(35)16-8-24;5-1(3(7)8)2(6)4(9)10/h5-16,20H,3-4,17-19,21-22H2,1-2H3;1-2,5-6H,(H,7,8)(H,9,10). The quantitative estimate of drug-likeness (QED) is 0.0901. The molecule has 4 rings (SSSR count). The minimum atomic E-state index is -2.27. The summed E-state index contributed by atoms with van der Waals surface area (Å²) in [4.78, 5) is 53.8. The van der Waals surface area contributed by atoms with E-state index in [9.17, 15) is 23.6 Å². The number of halogens is 3. The predicted octanol–water partition coefficient (Wildman–Crippen LogP) is 4.90. The smallest absolute Gasteiger partial charge is 0.335 e. The van der Waals surface area contributed by atoms with Gasteiger partial charge in [0.15, 0.2) is 17.4 Å². The van der Waals surface area contributed by atoms with E-state index in [-0.39, 0.29) is 23.3 Å². The predicted molar refractivity (Wildman–Crippen MR) is 197 cm³/mol. The second kappa shape index (κ2) is 20.7. The molecular formula is C36H39Cl2FN4O8S. The number of thioether (sulfide) groups is 1. The van der Waals surface area contributed by atoms with Crippen molar-refractivity contribution in [3.05, 3.63) is 116 Å². The van der Waals surface area contributed by atoms with Crippen LogP contribution in [0.25, 0.3) is 11.1 Å². The number of likely N-dealkylation sites (N-methyl/N-ethyl adjacent to an activating group) is 1. The summed E-state index contributed by atoms with van der Waals surface area (Å²) in [5, 5.41) is 33.5. The molecule has 0 aliphatic rings. The van der Waals surface area contributed by atoms with Gasteiger partial charge in [0, 0.05) is 36.6 Å². The Labute approximate surface area is 314 Å². The van der Waals surface area contributed by atoms with Crippen molar-refractivity contribution < 1.29 is 39.2 Å². The SMILES string of the molecule is CCN(CC)CCN(Cc1ccc(-c2ccc(Cl)cc2)cc1)C(=O)Cn1cc(Cl)c(=O)nc1SCc1ccc(F)cc1.O=C(O)C(O)C(O)C(=O)O. The van der Waals surface area contributed by atoms with Crippen molar-refractivity contribution in [1.29, 1.82) is 0 Å². The minimum absolute atomic E-state index is 0.0279. The number of hydrogen-bond acceptors (Lipinski definition) is 9. The van der Waals surface area contributed by atoms with Crippen LogP contribution in [0.1, 0.15) is 25.0 Å². The van der Waals surface area contributed by atoms with Gasteiger partial charge in [-0.05, 0) is 59.6 Å². The number of aliphatic carboxylic acids is 2. The number of carbonyl (C=O) groups is 3. The molecule has 0 bridgehead atoms. The summed E-state index contributed by atoms with van der Waals surface area (Å²) in [5.74, 6) is -3.52. The molecule has 0 fully saturated rings. The van der Waals surface area contributed by atoms with E-state index in [0.29, 0.717) is 29.0 Å². The fraction of sp³-hybridized carbons (Fsp3) is 0.306. The van der Waals surface area contributed by atoms with Crippen LogP contribution in [-0.2, 0) is 33.2 Å². The molecule has 52 heavy (non-hydrogen) atoms. The van der Waals surface area contributed by atoms with Gasteiger partial charge in [0.25, 0.3) is 5.56 Å². The fourth-order valence-electron chi connectivity index (χ4n) is 4.68. The van der Waals surface area contributed by atoms with E-state index < -0.39 is 29.7 Å². The van der Waals surface area contributed by atoms with Crippen molar-refractivity contribution >= 4 is 52.8 Å². The number of rotatable bonds is 16. The number of carbonyl (C=O) groups excluding carboxylic acids is 1. The molecule has 0 aliphatic heterocycles. The summed E-state index contributed by atoms with van der Waals surface area (Å²) < 4.78 is 14.9.